The molecule has 11 nitrogen and oxygen atoms in total. The first kappa shape index (κ1) is 30.4. The zero-order valence-corrected chi connectivity index (χ0v) is 25.2. The molecule has 2 atom stereocenters. The van der Waals surface area contributed by atoms with Gasteiger partial charge in [-0.25, -0.2) is 18.0 Å². The van der Waals surface area contributed by atoms with Crippen LogP contribution in [-0.4, -0.2) is 94.6 Å². The Labute approximate surface area is 241 Å². The molecule has 0 aliphatic carbocycles. The first-order chi connectivity index (χ1) is 19.5. The summed E-state index contributed by atoms with van der Waals surface area (Å²) in [6.45, 7) is 7.01. The van der Waals surface area contributed by atoms with E-state index >= 15 is 0 Å². The molecule has 222 valence electrons. The first-order valence-corrected chi connectivity index (χ1v) is 14.9. The van der Waals surface area contributed by atoms with Crippen molar-refractivity contribution in [1.29, 1.82) is 0 Å². The summed E-state index contributed by atoms with van der Waals surface area (Å²) in [5, 5.41) is 2.91. The number of piperazine rings is 1. The molecule has 2 aromatic rings. The van der Waals surface area contributed by atoms with Crippen LogP contribution >= 0.6 is 0 Å². The zero-order valence-electron chi connectivity index (χ0n) is 24.3. The molecule has 0 spiro atoms. The molecule has 0 bridgehead atoms. The van der Waals surface area contributed by atoms with Crippen LogP contribution in [0.1, 0.15) is 31.0 Å². The van der Waals surface area contributed by atoms with Crippen molar-refractivity contribution in [3.63, 3.8) is 0 Å². The number of aryl methyl sites for hydroxylation is 1. The number of sulfonamides is 1. The molecule has 1 saturated heterocycles. The molecule has 2 heterocycles. The Kier molecular flexibility index (Phi) is 9.25. The second kappa shape index (κ2) is 12.5. The van der Waals surface area contributed by atoms with Crippen LogP contribution in [0.4, 0.5) is 4.79 Å². The number of amides is 2. The molecule has 1 fully saturated rings. The molecule has 1 N–H and O–H groups in total. The number of methoxy groups -OCH3 is 2. The summed E-state index contributed by atoms with van der Waals surface area (Å²) in [6.07, 6.45) is 0. The van der Waals surface area contributed by atoms with E-state index in [0.29, 0.717) is 41.4 Å². The Morgan fingerprint density at radius 1 is 1.05 bits per heavy atom. The number of urea groups is 1. The Balaban J connectivity index is 1.66. The van der Waals surface area contributed by atoms with Gasteiger partial charge in [-0.05, 0) is 50.6 Å². The molecule has 0 saturated carbocycles. The molecule has 2 unspecified atom stereocenters. The van der Waals surface area contributed by atoms with E-state index in [1.807, 2.05) is 13.8 Å². The highest BCUT2D eigenvalue weighted by atomic mass is 32.2. The predicted octanol–water partition coefficient (Wildman–Crippen LogP) is 2.92. The van der Waals surface area contributed by atoms with E-state index in [1.54, 1.807) is 56.4 Å². The van der Waals surface area contributed by atoms with E-state index < -0.39 is 22.0 Å². The number of nitrogens with one attached hydrogen (secondary N) is 1. The van der Waals surface area contributed by atoms with Crippen molar-refractivity contribution < 1.29 is 32.2 Å². The van der Waals surface area contributed by atoms with Gasteiger partial charge in [-0.1, -0.05) is 17.7 Å². The molecule has 2 amide bonds. The lowest BCUT2D eigenvalue weighted by Crippen LogP contribution is -2.56. The topological polar surface area (TPSA) is 118 Å². The summed E-state index contributed by atoms with van der Waals surface area (Å²) in [5.41, 5.74) is 2.37. The summed E-state index contributed by atoms with van der Waals surface area (Å²) >= 11 is 0. The molecular formula is C29H38N4O7S. The second-order valence-corrected chi connectivity index (χ2v) is 12.1. The minimum atomic E-state index is -3.67. The van der Waals surface area contributed by atoms with E-state index in [4.69, 9.17) is 14.2 Å². The van der Waals surface area contributed by atoms with Crippen molar-refractivity contribution >= 4 is 22.0 Å². The molecule has 41 heavy (non-hydrogen) atoms. The molecule has 12 heteroatoms. The maximum Gasteiger partial charge on any atom is 0.338 e. The molecule has 0 aromatic heterocycles. The summed E-state index contributed by atoms with van der Waals surface area (Å²) in [4.78, 5) is 30.3. The third-order valence-electron chi connectivity index (χ3n) is 7.43. The van der Waals surface area contributed by atoms with Crippen molar-refractivity contribution in [2.75, 3.05) is 54.1 Å². The maximum atomic E-state index is 13.4. The number of carbonyl (C=O) groups is 2. The quantitative estimate of drug-likeness (QED) is 0.446. The lowest BCUT2D eigenvalue weighted by molar-refractivity contribution is -0.139. The van der Waals surface area contributed by atoms with Crippen LogP contribution in [-0.2, 0) is 19.6 Å². The molecule has 0 radical (unpaired) electrons. The van der Waals surface area contributed by atoms with Crippen LogP contribution in [0.5, 0.6) is 11.5 Å². The monoisotopic (exact) mass is 586 g/mol. The fourth-order valence-corrected chi connectivity index (χ4v) is 6.83. The van der Waals surface area contributed by atoms with Crippen LogP contribution in [0.2, 0.25) is 0 Å². The summed E-state index contributed by atoms with van der Waals surface area (Å²) in [5.74, 6) is 0.476. The number of esters is 1. The van der Waals surface area contributed by atoms with E-state index in [1.165, 1.54) is 23.4 Å². The fraction of sp³-hybridized carbons (Fsp3) is 0.448. The van der Waals surface area contributed by atoms with E-state index in [0.717, 1.165) is 5.56 Å². The highest BCUT2D eigenvalue weighted by molar-refractivity contribution is 7.89. The first-order valence-electron chi connectivity index (χ1n) is 13.5. The van der Waals surface area contributed by atoms with Gasteiger partial charge in [0.2, 0.25) is 10.0 Å². The van der Waals surface area contributed by atoms with Gasteiger partial charge < -0.3 is 19.5 Å². The van der Waals surface area contributed by atoms with Crippen LogP contribution < -0.4 is 14.8 Å². The average molecular weight is 587 g/mol. The highest BCUT2D eigenvalue weighted by Crippen LogP contribution is 2.35. The van der Waals surface area contributed by atoms with Crippen LogP contribution in [0, 0.1) is 6.92 Å². The van der Waals surface area contributed by atoms with Gasteiger partial charge >= 0.3 is 12.0 Å². The second-order valence-electron chi connectivity index (χ2n) is 10.2. The Bertz CT molecular complexity index is 1400. The van der Waals surface area contributed by atoms with Crippen LogP contribution in [0.3, 0.4) is 0 Å². The predicted molar refractivity (Wildman–Crippen MR) is 153 cm³/mol. The van der Waals surface area contributed by atoms with Crippen molar-refractivity contribution in [3.05, 3.63) is 64.9 Å². The molecule has 2 aromatic carbocycles. The number of nitrogens with zero attached hydrogens (tertiary/aromatic N) is 3. The third-order valence-corrected chi connectivity index (χ3v) is 9.46. The van der Waals surface area contributed by atoms with Gasteiger partial charge in [0.25, 0.3) is 0 Å². The Morgan fingerprint density at radius 3 is 2.24 bits per heavy atom. The number of benzene rings is 2. The Morgan fingerprint density at radius 2 is 1.68 bits per heavy atom. The van der Waals surface area contributed by atoms with Gasteiger partial charge in [-0.2, -0.15) is 4.31 Å². The molecule has 4 rings (SSSR count). The lowest BCUT2D eigenvalue weighted by Gasteiger charge is -2.41. The molecule has 2 aliphatic heterocycles. The normalized spacial score (nSPS) is 20.5. The van der Waals surface area contributed by atoms with Gasteiger partial charge in [-0.3, -0.25) is 9.80 Å². The minimum absolute atomic E-state index is 0.161. The van der Waals surface area contributed by atoms with Gasteiger partial charge in [-0.15, -0.1) is 0 Å². The van der Waals surface area contributed by atoms with Crippen LogP contribution in [0.25, 0.3) is 0 Å². The average Bonchev–Trinajstić information content (AvgIpc) is 2.95. The largest absolute Gasteiger partial charge is 0.497 e. The van der Waals surface area contributed by atoms with Gasteiger partial charge in [0, 0.05) is 51.0 Å². The minimum Gasteiger partial charge on any atom is -0.497 e. The van der Waals surface area contributed by atoms with Gasteiger partial charge in [0.15, 0.2) is 0 Å². The van der Waals surface area contributed by atoms with Crippen molar-refractivity contribution in [1.82, 2.24) is 19.4 Å². The Hall–Kier alpha value is -3.61. The standard InChI is InChI=1S/C29H38N4O7S/c1-7-40-28(34)26-25(31(4)29(35)30-27(26)21-14-22(38-5)16-23(15-21)39-6)18-32-12-13-33(20(3)17-32)41(36,37)24-10-8-19(2)9-11-24/h8-11,14-16,20,27H,7,12-13,17-18H2,1-6H3,(H,30,35). The van der Waals surface area contributed by atoms with Crippen LogP contribution in [0.15, 0.2) is 58.6 Å². The summed E-state index contributed by atoms with van der Waals surface area (Å²) in [7, 11) is 0.987. The van der Waals surface area contributed by atoms with E-state index in [9.17, 15) is 18.0 Å². The smallest absolute Gasteiger partial charge is 0.338 e. The number of ether oxygens (including phenoxy) is 3. The maximum absolute atomic E-state index is 13.4. The summed E-state index contributed by atoms with van der Waals surface area (Å²) in [6, 6.07) is 10.5. The number of carbonyl (C=O) groups excluding carboxylic acids is 2. The van der Waals surface area contributed by atoms with Gasteiger partial charge in [0.05, 0.1) is 37.3 Å². The van der Waals surface area contributed by atoms with E-state index in [2.05, 4.69) is 10.2 Å². The number of likely N-dealkylation sites (N-methyl/N-ethyl adjacent to an activating group) is 1. The van der Waals surface area contributed by atoms with Crippen molar-refractivity contribution in [3.8, 4) is 11.5 Å². The van der Waals surface area contributed by atoms with E-state index in [-0.39, 0.29) is 36.7 Å². The number of hydrogen-bond donors (Lipinski definition) is 1. The fourth-order valence-electron chi connectivity index (χ4n) is 5.22. The SMILES string of the molecule is CCOC(=O)C1=C(CN2CCN(S(=O)(=O)c3ccc(C)cc3)C(C)C2)N(C)C(=O)NC1c1cc(OC)cc(OC)c1. The third kappa shape index (κ3) is 6.34. The van der Waals surface area contributed by atoms with Crippen molar-refractivity contribution in [2.24, 2.45) is 0 Å². The van der Waals surface area contributed by atoms with Gasteiger partial charge in [0.1, 0.15) is 11.5 Å². The molecular weight excluding hydrogens is 548 g/mol. The lowest BCUT2D eigenvalue weighted by atomic mass is 9.93. The highest BCUT2D eigenvalue weighted by Gasteiger charge is 2.39. The van der Waals surface area contributed by atoms with Crippen molar-refractivity contribution in [2.45, 2.75) is 37.8 Å². The number of rotatable bonds is 9. The number of hydrogen-bond acceptors (Lipinski definition) is 8. The zero-order chi connectivity index (χ0) is 29.9. The summed E-state index contributed by atoms with van der Waals surface area (Å²) < 4.78 is 44.5. The molecule has 2 aliphatic rings.